The van der Waals surface area contributed by atoms with Crippen molar-refractivity contribution in [3.05, 3.63) is 57.4 Å². The first-order valence-electron chi connectivity index (χ1n) is 8.44. The first-order chi connectivity index (χ1) is 13.9. The van der Waals surface area contributed by atoms with E-state index in [0.717, 1.165) is 21.1 Å². The van der Waals surface area contributed by atoms with Gasteiger partial charge in [-0.25, -0.2) is 0 Å². The van der Waals surface area contributed by atoms with Gasteiger partial charge in [-0.1, -0.05) is 28.1 Å². The fourth-order valence-electron chi connectivity index (χ4n) is 2.68. The molecule has 1 fully saturated rings. The molecule has 0 radical (unpaired) electrons. The number of carbonyl (C=O) groups is 3. The SMILES string of the molecule is COc1cccc(/C=C2/SC(=O)N(CC(=O)Nc3ccc(Br)cc3)C2=O)c1OC. The molecule has 29 heavy (non-hydrogen) atoms. The first-order valence-corrected chi connectivity index (χ1v) is 10.1. The molecular weight excluding hydrogens is 460 g/mol. The summed E-state index contributed by atoms with van der Waals surface area (Å²) in [5, 5.41) is 2.16. The molecule has 1 aliphatic heterocycles. The lowest BCUT2D eigenvalue weighted by Gasteiger charge is -2.12. The van der Waals surface area contributed by atoms with Gasteiger partial charge in [0.05, 0.1) is 19.1 Å². The number of para-hydroxylation sites is 1. The zero-order valence-corrected chi connectivity index (χ0v) is 18.0. The molecule has 3 rings (SSSR count). The van der Waals surface area contributed by atoms with Gasteiger partial charge >= 0.3 is 0 Å². The van der Waals surface area contributed by atoms with Crippen molar-refractivity contribution in [2.45, 2.75) is 0 Å². The summed E-state index contributed by atoms with van der Waals surface area (Å²) in [5.74, 6) is -0.0326. The van der Waals surface area contributed by atoms with Crippen molar-refractivity contribution >= 4 is 56.5 Å². The Kier molecular flexibility index (Phi) is 6.60. The molecule has 150 valence electrons. The van der Waals surface area contributed by atoms with Gasteiger partial charge in [0, 0.05) is 15.7 Å². The molecule has 2 aromatic rings. The molecular formula is C20H17BrN2O5S. The lowest BCUT2D eigenvalue weighted by atomic mass is 10.1. The third-order valence-electron chi connectivity index (χ3n) is 4.02. The number of ether oxygens (including phenoxy) is 2. The Morgan fingerprint density at radius 1 is 1.14 bits per heavy atom. The van der Waals surface area contributed by atoms with Crippen LogP contribution in [0.1, 0.15) is 5.56 Å². The Morgan fingerprint density at radius 3 is 2.52 bits per heavy atom. The second kappa shape index (κ2) is 9.15. The lowest BCUT2D eigenvalue weighted by Crippen LogP contribution is -2.36. The van der Waals surface area contributed by atoms with Gasteiger partial charge in [-0.3, -0.25) is 19.3 Å². The molecule has 0 saturated carbocycles. The van der Waals surface area contributed by atoms with E-state index in [2.05, 4.69) is 21.2 Å². The third kappa shape index (κ3) is 4.80. The van der Waals surface area contributed by atoms with Gasteiger partial charge < -0.3 is 14.8 Å². The molecule has 7 nitrogen and oxygen atoms in total. The number of methoxy groups -OCH3 is 2. The van der Waals surface area contributed by atoms with Gasteiger partial charge in [-0.2, -0.15) is 0 Å². The van der Waals surface area contributed by atoms with Crippen LogP contribution in [0.4, 0.5) is 10.5 Å². The smallest absolute Gasteiger partial charge is 0.294 e. The van der Waals surface area contributed by atoms with E-state index in [9.17, 15) is 14.4 Å². The summed E-state index contributed by atoms with van der Waals surface area (Å²) in [6.07, 6.45) is 1.55. The number of carbonyl (C=O) groups excluding carboxylic acids is 3. The van der Waals surface area contributed by atoms with Crippen LogP contribution in [0.2, 0.25) is 0 Å². The Bertz CT molecular complexity index is 991. The maximum Gasteiger partial charge on any atom is 0.294 e. The van der Waals surface area contributed by atoms with Gasteiger partial charge in [0.25, 0.3) is 11.1 Å². The molecule has 0 spiro atoms. The minimum absolute atomic E-state index is 0.206. The number of nitrogens with one attached hydrogen (secondary N) is 1. The van der Waals surface area contributed by atoms with Gasteiger partial charge in [-0.15, -0.1) is 0 Å². The highest BCUT2D eigenvalue weighted by molar-refractivity contribution is 9.10. The first kappa shape index (κ1) is 20.9. The van der Waals surface area contributed by atoms with E-state index in [1.165, 1.54) is 14.2 Å². The number of nitrogens with zero attached hydrogens (tertiary/aromatic N) is 1. The van der Waals surface area contributed by atoms with Crippen LogP contribution in [0.15, 0.2) is 51.8 Å². The maximum absolute atomic E-state index is 12.7. The van der Waals surface area contributed by atoms with E-state index in [-0.39, 0.29) is 11.4 Å². The Balaban J connectivity index is 1.75. The predicted octanol–water partition coefficient (Wildman–Crippen LogP) is 4.14. The summed E-state index contributed by atoms with van der Waals surface area (Å²) >= 11 is 4.09. The van der Waals surface area contributed by atoms with Crippen LogP contribution >= 0.6 is 27.7 Å². The van der Waals surface area contributed by atoms with Gasteiger partial charge in [0.2, 0.25) is 5.91 Å². The molecule has 1 heterocycles. The van der Waals surface area contributed by atoms with Crippen molar-refractivity contribution in [3.63, 3.8) is 0 Å². The number of benzene rings is 2. The quantitative estimate of drug-likeness (QED) is 0.630. The zero-order chi connectivity index (χ0) is 21.0. The van der Waals surface area contributed by atoms with Crippen molar-refractivity contribution < 1.29 is 23.9 Å². The second-order valence-corrected chi connectivity index (χ2v) is 7.81. The second-order valence-electron chi connectivity index (χ2n) is 5.91. The van der Waals surface area contributed by atoms with Gasteiger partial charge in [0.15, 0.2) is 11.5 Å². The Labute approximate surface area is 180 Å². The molecule has 1 N–H and O–H groups in total. The molecule has 0 atom stereocenters. The molecule has 0 unspecified atom stereocenters. The normalized spacial score (nSPS) is 15.0. The largest absolute Gasteiger partial charge is 0.493 e. The van der Waals surface area contributed by atoms with Gasteiger partial charge in [-0.05, 0) is 48.2 Å². The topological polar surface area (TPSA) is 84.9 Å². The van der Waals surface area contributed by atoms with Crippen LogP contribution in [0, 0.1) is 0 Å². The minimum Gasteiger partial charge on any atom is -0.493 e. The summed E-state index contributed by atoms with van der Waals surface area (Å²) in [6.45, 7) is -0.368. The zero-order valence-electron chi connectivity index (χ0n) is 15.6. The number of halogens is 1. The van der Waals surface area contributed by atoms with Crippen LogP contribution in [0.25, 0.3) is 6.08 Å². The van der Waals surface area contributed by atoms with Crippen LogP contribution in [-0.4, -0.2) is 42.7 Å². The van der Waals surface area contributed by atoms with E-state index in [1.54, 1.807) is 48.5 Å². The van der Waals surface area contributed by atoms with Crippen molar-refractivity contribution in [1.82, 2.24) is 4.90 Å². The van der Waals surface area contributed by atoms with Crippen molar-refractivity contribution in [2.24, 2.45) is 0 Å². The number of imide groups is 1. The number of amides is 3. The summed E-state index contributed by atoms with van der Waals surface area (Å²) in [4.78, 5) is 38.3. The van der Waals surface area contributed by atoms with Crippen molar-refractivity contribution in [2.75, 3.05) is 26.1 Å². The third-order valence-corrected chi connectivity index (χ3v) is 5.46. The predicted molar refractivity (Wildman–Crippen MR) is 115 cm³/mol. The number of hydrogen-bond acceptors (Lipinski definition) is 6. The highest BCUT2D eigenvalue weighted by atomic mass is 79.9. The molecule has 9 heteroatoms. The molecule has 0 aliphatic carbocycles. The fourth-order valence-corrected chi connectivity index (χ4v) is 3.77. The standard InChI is InChI=1S/C20H17BrN2O5S/c1-27-15-5-3-4-12(18(15)28-2)10-16-19(25)23(20(26)29-16)11-17(24)22-14-8-6-13(21)7-9-14/h3-10H,11H2,1-2H3,(H,22,24)/b16-10+. The number of hydrogen-bond donors (Lipinski definition) is 1. The van der Waals surface area contributed by atoms with E-state index >= 15 is 0 Å². The fraction of sp³-hybridized carbons (Fsp3) is 0.150. The van der Waals surface area contributed by atoms with Crippen LogP contribution in [0.5, 0.6) is 11.5 Å². The van der Waals surface area contributed by atoms with Crippen molar-refractivity contribution in [1.29, 1.82) is 0 Å². The number of rotatable bonds is 6. The molecule has 3 amide bonds. The van der Waals surface area contributed by atoms with E-state index in [0.29, 0.717) is 22.7 Å². The lowest BCUT2D eigenvalue weighted by molar-refractivity contribution is -0.127. The molecule has 1 aliphatic rings. The Morgan fingerprint density at radius 2 is 1.86 bits per heavy atom. The monoisotopic (exact) mass is 476 g/mol. The van der Waals surface area contributed by atoms with Crippen molar-refractivity contribution in [3.8, 4) is 11.5 Å². The van der Waals surface area contributed by atoms with E-state index in [4.69, 9.17) is 9.47 Å². The average molecular weight is 477 g/mol. The summed E-state index contributed by atoms with van der Waals surface area (Å²) in [5.41, 5.74) is 1.17. The van der Waals surface area contributed by atoms with Crippen LogP contribution in [-0.2, 0) is 9.59 Å². The van der Waals surface area contributed by atoms with Gasteiger partial charge in [0.1, 0.15) is 6.54 Å². The van der Waals surface area contributed by atoms with Crippen LogP contribution < -0.4 is 14.8 Å². The summed E-state index contributed by atoms with van der Waals surface area (Å²) in [7, 11) is 3.01. The minimum atomic E-state index is -0.532. The highest BCUT2D eigenvalue weighted by Crippen LogP contribution is 2.37. The Hall–Kier alpha value is -2.78. The molecule has 1 saturated heterocycles. The molecule has 2 aromatic carbocycles. The maximum atomic E-state index is 12.7. The van der Waals surface area contributed by atoms with Crippen LogP contribution in [0.3, 0.4) is 0 Å². The summed E-state index contributed by atoms with van der Waals surface area (Å²) in [6, 6.07) is 12.2. The van der Waals surface area contributed by atoms with E-state index < -0.39 is 17.1 Å². The average Bonchev–Trinajstić information content (AvgIpc) is 2.96. The summed E-state index contributed by atoms with van der Waals surface area (Å²) < 4.78 is 11.5. The number of anilines is 1. The molecule has 0 bridgehead atoms. The highest BCUT2D eigenvalue weighted by Gasteiger charge is 2.36. The number of thioether (sulfide) groups is 1. The molecule has 0 aromatic heterocycles. The van der Waals surface area contributed by atoms with E-state index in [1.807, 2.05) is 0 Å².